The standard InChI is InChI=1S/C15H13BO3/c17-14-9-11-3-1-2-4-13(11)15(14)10-5-7-12(8-6-10)16(18)19/h1-9,15,17-19H. The number of hydrogen-bond donors (Lipinski definition) is 3. The number of hydrogen-bond acceptors (Lipinski definition) is 3. The zero-order valence-corrected chi connectivity index (χ0v) is 10.2. The van der Waals surface area contributed by atoms with Crippen molar-refractivity contribution in [2.75, 3.05) is 0 Å². The molecular weight excluding hydrogens is 239 g/mol. The van der Waals surface area contributed by atoms with Crippen LogP contribution in [0.1, 0.15) is 22.6 Å². The van der Waals surface area contributed by atoms with Gasteiger partial charge in [-0.1, -0.05) is 48.5 Å². The Bertz CT molecular complexity index is 632. The lowest BCUT2D eigenvalue weighted by molar-refractivity contribution is 0.391. The lowest BCUT2D eigenvalue weighted by atomic mass is 9.79. The van der Waals surface area contributed by atoms with Gasteiger partial charge in [-0.05, 0) is 28.2 Å². The summed E-state index contributed by atoms with van der Waals surface area (Å²) in [4.78, 5) is 0. The second kappa shape index (κ2) is 4.57. The van der Waals surface area contributed by atoms with E-state index in [9.17, 15) is 5.11 Å². The Morgan fingerprint density at radius 1 is 0.895 bits per heavy atom. The normalized spacial score (nSPS) is 16.9. The molecule has 0 aliphatic heterocycles. The molecule has 0 saturated carbocycles. The fourth-order valence-electron chi connectivity index (χ4n) is 2.52. The molecule has 0 spiro atoms. The molecular formula is C15H13BO3. The Morgan fingerprint density at radius 3 is 2.26 bits per heavy atom. The van der Waals surface area contributed by atoms with Gasteiger partial charge in [0.15, 0.2) is 0 Å². The predicted molar refractivity (Wildman–Crippen MR) is 75.2 cm³/mol. The van der Waals surface area contributed by atoms with Crippen LogP contribution < -0.4 is 5.46 Å². The highest BCUT2D eigenvalue weighted by molar-refractivity contribution is 6.58. The second-order valence-electron chi connectivity index (χ2n) is 4.67. The first-order chi connectivity index (χ1) is 9.16. The van der Waals surface area contributed by atoms with Crippen LogP contribution in [0.2, 0.25) is 0 Å². The monoisotopic (exact) mass is 252 g/mol. The van der Waals surface area contributed by atoms with Gasteiger partial charge in [0.25, 0.3) is 0 Å². The Morgan fingerprint density at radius 2 is 1.58 bits per heavy atom. The van der Waals surface area contributed by atoms with Crippen molar-refractivity contribution in [1.82, 2.24) is 0 Å². The molecule has 19 heavy (non-hydrogen) atoms. The van der Waals surface area contributed by atoms with Crippen LogP contribution >= 0.6 is 0 Å². The summed E-state index contributed by atoms with van der Waals surface area (Å²) in [7, 11) is -1.46. The van der Waals surface area contributed by atoms with E-state index in [1.54, 1.807) is 18.2 Å². The van der Waals surface area contributed by atoms with Gasteiger partial charge in [-0.25, -0.2) is 0 Å². The molecule has 0 fully saturated rings. The smallest absolute Gasteiger partial charge is 0.488 e. The molecule has 1 aliphatic rings. The first kappa shape index (κ1) is 12.0. The lowest BCUT2D eigenvalue weighted by Gasteiger charge is -2.14. The topological polar surface area (TPSA) is 60.7 Å². The van der Waals surface area contributed by atoms with Crippen molar-refractivity contribution in [2.24, 2.45) is 0 Å². The fraction of sp³-hybridized carbons (Fsp3) is 0.0667. The summed E-state index contributed by atoms with van der Waals surface area (Å²) in [5, 5.41) is 28.3. The molecule has 2 aromatic carbocycles. The van der Waals surface area contributed by atoms with Crippen LogP contribution in [0, 0.1) is 0 Å². The maximum atomic E-state index is 10.1. The van der Waals surface area contributed by atoms with E-state index in [0.717, 1.165) is 16.7 Å². The van der Waals surface area contributed by atoms with Gasteiger partial charge in [-0.3, -0.25) is 0 Å². The fourth-order valence-corrected chi connectivity index (χ4v) is 2.52. The van der Waals surface area contributed by atoms with E-state index in [4.69, 9.17) is 10.0 Å². The first-order valence-corrected chi connectivity index (χ1v) is 6.12. The van der Waals surface area contributed by atoms with E-state index in [1.165, 1.54) is 0 Å². The van der Waals surface area contributed by atoms with Gasteiger partial charge in [-0.15, -0.1) is 0 Å². The Balaban J connectivity index is 2.01. The number of allylic oxidation sites excluding steroid dienone is 1. The van der Waals surface area contributed by atoms with Crippen LogP contribution in [-0.4, -0.2) is 22.3 Å². The summed E-state index contributed by atoms with van der Waals surface area (Å²) in [6.07, 6.45) is 1.77. The third-order valence-corrected chi connectivity index (χ3v) is 3.47. The average molecular weight is 252 g/mol. The molecule has 0 heterocycles. The predicted octanol–water partition coefficient (Wildman–Crippen LogP) is 1.41. The summed E-state index contributed by atoms with van der Waals surface area (Å²) < 4.78 is 0. The molecule has 1 unspecified atom stereocenters. The maximum Gasteiger partial charge on any atom is 0.488 e. The number of rotatable bonds is 2. The van der Waals surface area contributed by atoms with E-state index in [1.807, 2.05) is 36.4 Å². The zero-order valence-electron chi connectivity index (χ0n) is 10.2. The van der Waals surface area contributed by atoms with Gasteiger partial charge in [-0.2, -0.15) is 0 Å². The minimum absolute atomic E-state index is 0.166. The average Bonchev–Trinajstić information content (AvgIpc) is 2.74. The molecule has 3 rings (SSSR count). The van der Waals surface area contributed by atoms with Crippen molar-refractivity contribution >= 4 is 18.7 Å². The van der Waals surface area contributed by atoms with Crippen molar-refractivity contribution in [3.63, 3.8) is 0 Å². The molecule has 0 aromatic heterocycles. The Labute approximate surface area is 111 Å². The second-order valence-corrected chi connectivity index (χ2v) is 4.67. The summed E-state index contributed by atoms with van der Waals surface area (Å²) >= 11 is 0. The van der Waals surface area contributed by atoms with Crippen LogP contribution in [0.15, 0.2) is 54.3 Å². The minimum Gasteiger partial charge on any atom is -0.511 e. The minimum atomic E-state index is -1.46. The highest BCUT2D eigenvalue weighted by Gasteiger charge is 2.26. The zero-order chi connectivity index (χ0) is 13.4. The van der Waals surface area contributed by atoms with Gasteiger partial charge >= 0.3 is 7.12 Å². The van der Waals surface area contributed by atoms with Crippen LogP contribution in [0.5, 0.6) is 0 Å². The van der Waals surface area contributed by atoms with E-state index < -0.39 is 7.12 Å². The van der Waals surface area contributed by atoms with Crippen LogP contribution in [0.4, 0.5) is 0 Å². The van der Waals surface area contributed by atoms with Gasteiger partial charge in [0.1, 0.15) is 5.76 Å². The molecule has 0 radical (unpaired) electrons. The maximum absolute atomic E-state index is 10.1. The SMILES string of the molecule is OB(O)c1ccc(C2C(O)=Cc3ccccc32)cc1. The van der Waals surface area contributed by atoms with Gasteiger partial charge in [0.05, 0.1) is 5.92 Å². The van der Waals surface area contributed by atoms with Crippen molar-refractivity contribution in [3.05, 3.63) is 71.0 Å². The van der Waals surface area contributed by atoms with Gasteiger partial charge in [0, 0.05) is 0 Å². The van der Waals surface area contributed by atoms with Gasteiger partial charge < -0.3 is 15.2 Å². The highest BCUT2D eigenvalue weighted by Crippen LogP contribution is 2.39. The van der Waals surface area contributed by atoms with E-state index in [-0.39, 0.29) is 5.92 Å². The van der Waals surface area contributed by atoms with Crippen molar-refractivity contribution in [2.45, 2.75) is 5.92 Å². The quantitative estimate of drug-likeness (QED) is 0.708. The lowest BCUT2D eigenvalue weighted by Crippen LogP contribution is -2.29. The first-order valence-electron chi connectivity index (χ1n) is 6.12. The number of fused-ring (bicyclic) bond motifs is 1. The highest BCUT2D eigenvalue weighted by atomic mass is 16.4. The third kappa shape index (κ3) is 2.05. The van der Waals surface area contributed by atoms with Crippen molar-refractivity contribution in [3.8, 4) is 0 Å². The van der Waals surface area contributed by atoms with Crippen molar-refractivity contribution < 1.29 is 15.2 Å². The Kier molecular flexibility index (Phi) is 2.89. The number of aliphatic hydroxyl groups is 1. The molecule has 3 N–H and O–H groups in total. The van der Waals surface area contributed by atoms with Crippen LogP contribution in [0.25, 0.3) is 6.08 Å². The van der Waals surface area contributed by atoms with Crippen molar-refractivity contribution in [1.29, 1.82) is 0 Å². The van der Waals surface area contributed by atoms with E-state index >= 15 is 0 Å². The molecule has 0 saturated heterocycles. The molecule has 0 amide bonds. The summed E-state index contributed by atoms with van der Waals surface area (Å²) in [5.41, 5.74) is 3.47. The van der Waals surface area contributed by atoms with Crippen LogP contribution in [0.3, 0.4) is 0 Å². The molecule has 2 aromatic rings. The number of aliphatic hydroxyl groups excluding tert-OH is 1. The largest absolute Gasteiger partial charge is 0.511 e. The Hall–Kier alpha value is -2.04. The van der Waals surface area contributed by atoms with E-state index in [2.05, 4.69) is 0 Å². The van der Waals surface area contributed by atoms with E-state index in [0.29, 0.717) is 11.2 Å². The summed E-state index contributed by atoms with van der Waals surface area (Å²) in [6, 6.07) is 14.8. The molecule has 4 heteroatoms. The van der Waals surface area contributed by atoms with Crippen LogP contribution in [-0.2, 0) is 0 Å². The molecule has 1 atom stereocenters. The molecule has 0 bridgehead atoms. The molecule has 1 aliphatic carbocycles. The molecule has 94 valence electrons. The molecule has 3 nitrogen and oxygen atoms in total. The van der Waals surface area contributed by atoms with Gasteiger partial charge in [0.2, 0.25) is 0 Å². The number of benzene rings is 2. The summed E-state index contributed by atoms with van der Waals surface area (Å²) in [6.45, 7) is 0. The summed E-state index contributed by atoms with van der Waals surface area (Å²) in [5.74, 6) is 0.152. The third-order valence-electron chi connectivity index (χ3n) is 3.47.